The molecule has 4 aromatic rings. The molecule has 0 bridgehead atoms. The zero-order chi connectivity index (χ0) is 18.8. The average Bonchev–Trinajstić information content (AvgIpc) is 3.16. The molecule has 0 aliphatic heterocycles. The van der Waals surface area contributed by atoms with Crippen LogP contribution in [0.4, 0.5) is 11.4 Å². The summed E-state index contributed by atoms with van der Waals surface area (Å²) in [5.41, 5.74) is 3.15. The second-order valence-electron chi connectivity index (χ2n) is 6.25. The first-order valence-electron chi connectivity index (χ1n) is 8.46. The first-order chi connectivity index (χ1) is 13.1. The Labute approximate surface area is 155 Å². The van der Waals surface area contributed by atoms with E-state index in [1.54, 1.807) is 35.3 Å². The molecule has 0 radical (unpaired) electrons. The van der Waals surface area contributed by atoms with Crippen LogP contribution >= 0.6 is 0 Å². The summed E-state index contributed by atoms with van der Waals surface area (Å²) in [7, 11) is 1.84. The number of fused-ring (bicyclic) bond motifs is 1. The van der Waals surface area contributed by atoms with Gasteiger partial charge < -0.3 is 4.90 Å². The van der Waals surface area contributed by atoms with Gasteiger partial charge in [-0.15, -0.1) is 0 Å². The molecule has 0 fully saturated rings. The summed E-state index contributed by atoms with van der Waals surface area (Å²) in [6, 6.07) is 16.8. The van der Waals surface area contributed by atoms with E-state index in [1.807, 2.05) is 54.5 Å². The number of benzene rings is 2. The molecule has 0 N–H and O–H groups in total. The summed E-state index contributed by atoms with van der Waals surface area (Å²) in [6.07, 6.45) is 5.34. The first kappa shape index (κ1) is 16.7. The summed E-state index contributed by atoms with van der Waals surface area (Å²) in [4.78, 5) is 17.4. The van der Waals surface area contributed by atoms with Crippen molar-refractivity contribution in [2.24, 2.45) is 0 Å². The SMILES string of the molecule is CN(Cc1cnn(-c2ccccc2)c1)c1ccc2ncccc2c1[N+](=O)[O-]. The van der Waals surface area contributed by atoms with Crippen molar-refractivity contribution < 1.29 is 4.92 Å². The number of nitro groups is 1. The van der Waals surface area contributed by atoms with E-state index in [1.165, 1.54) is 0 Å². The zero-order valence-corrected chi connectivity index (χ0v) is 14.7. The van der Waals surface area contributed by atoms with E-state index in [0.717, 1.165) is 11.3 Å². The van der Waals surface area contributed by atoms with Crippen LogP contribution in [0.15, 0.2) is 73.2 Å². The Morgan fingerprint density at radius 3 is 2.70 bits per heavy atom. The second-order valence-corrected chi connectivity index (χ2v) is 6.25. The lowest BCUT2D eigenvalue weighted by Crippen LogP contribution is -2.17. The van der Waals surface area contributed by atoms with E-state index in [9.17, 15) is 10.1 Å². The van der Waals surface area contributed by atoms with Gasteiger partial charge in [0.15, 0.2) is 0 Å². The minimum atomic E-state index is -0.344. The summed E-state index contributed by atoms with van der Waals surface area (Å²) in [5.74, 6) is 0. The highest BCUT2D eigenvalue weighted by Crippen LogP contribution is 2.35. The van der Waals surface area contributed by atoms with E-state index in [4.69, 9.17) is 0 Å². The third kappa shape index (κ3) is 3.22. The molecule has 4 rings (SSSR count). The molecule has 0 saturated heterocycles. The van der Waals surface area contributed by atoms with Gasteiger partial charge in [0.1, 0.15) is 5.69 Å². The predicted molar refractivity (Wildman–Crippen MR) is 104 cm³/mol. The molecule has 0 unspecified atom stereocenters. The van der Waals surface area contributed by atoms with Crippen molar-refractivity contribution in [1.29, 1.82) is 0 Å². The van der Waals surface area contributed by atoms with Crippen molar-refractivity contribution in [3.05, 3.63) is 88.9 Å². The molecule has 7 heteroatoms. The van der Waals surface area contributed by atoms with Crippen LogP contribution < -0.4 is 4.90 Å². The van der Waals surface area contributed by atoms with Crippen LogP contribution in [0.5, 0.6) is 0 Å². The van der Waals surface area contributed by atoms with E-state index in [0.29, 0.717) is 23.1 Å². The van der Waals surface area contributed by atoms with Gasteiger partial charge in [-0.3, -0.25) is 15.1 Å². The fourth-order valence-corrected chi connectivity index (χ4v) is 3.15. The van der Waals surface area contributed by atoms with E-state index < -0.39 is 0 Å². The highest BCUT2D eigenvalue weighted by atomic mass is 16.6. The number of para-hydroxylation sites is 1. The maximum absolute atomic E-state index is 11.7. The smallest absolute Gasteiger partial charge is 0.301 e. The fraction of sp³-hybridized carbons (Fsp3) is 0.100. The highest BCUT2D eigenvalue weighted by molar-refractivity contribution is 5.94. The molecule has 134 valence electrons. The van der Waals surface area contributed by atoms with Crippen molar-refractivity contribution in [3.8, 4) is 5.69 Å². The predicted octanol–water partition coefficient (Wildman–Crippen LogP) is 3.97. The van der Waals surface area contributed by atoms with Gasteiger partial charge in [0, 0.05) is 31.5 Å². The molecule has 0 atom stereocenters. The lowest BCUT2D eigenvalue weighted by atomic mass is 10.1. The van der Waals surface area contributed by atoms with Crippen LogP contribution in [0.25, 0.3) is 16.6 Å². The van der Waals surface area contributed by atoms with Crippen LogP contribution in [-0.4, -0.2) is 26.7 Å². The molecule has 27 heavy (non-hydrogen) atoms. The van der Waals surface area contributed by atoms with Crippen LogP contribution in [-0.2, 0) is 6.54 Å². The van der Waals surface area contributed by atoms with E-state index in [2.05, 4.69) is 10.1 Å². The number of rotatable bonds is 5. The van der Waals surface area contributed by atoms with Crippen LogP contribution in [0.2, 0.25) is 0 Å². The summed E-state index contributed by atoms with van der Waals surface area (Å²) in [5, 5.41) is 16.6. The number of hydrogen-bond donors (Lipinski definition) is 0. The molecule has 2 aromatic heterocycles. The molecule has 0 aliphatic carbocycles. The molecule has 0 spiro atoms. The van der Waals surface area contributed by atoms with Crippen molar-refractivity contribution in [2.75, 3.05) is 11.9 Å². The lowest BCUT2D eigenvalue weighted by Gasteiger charge is -2.19. The Morgan fingerprint density at radius 1 is 1.11 bits per heavy atom. The van der Waals surface area contributed by atoms with Crippen LogP contribution in [0.3, 0.4) is 0 Å². The van der Waals surface area contributed by atoms with Gasteiger partial charge in [0.2, 0.25) is 0 Å². The maximum Gasteiger partial charge on any atom is 0.301 e. The molecule has 0 saturated carbocycles. The molecule has 0 aliphatic rings. The monoisotopic (exact) mass is 359 g/mol. The van der Waals surface area contributed by atoms with Crippen molar-refractivity contribution in [2.45, 2.75) is 6.54 Å². The topological polar surface area (TPSA) is 77.1 Å². The Balaban J connectivity index is 1.66. The standard InChI is InChI=1S/C20H17N5O2/c1-23(13-15-12-22-24(14-15)16-6-3-2-4-7-16)19-10-9-18-17(8-5-11-21-18)20(19)25(26)27/h2-12,14H,13H2,1H3. The number of anilines is 1. The molecular weight excluding hydrogens is 342 g/mol. The number of nitrogens with zero attached hydrogens (tertiary/aromatic N) is 5. The molecule has 7 nitrogen and oxygen atoms in total. The number of pyridine rings is 1. The average molecular weight is 359 g/mol. The quantitative estimate of drug-likeness (QED) is 0.398. The minimum Gasteiger partial charge on any atom is -0.365 e. The Kier molecular flexibility index (Phi) is 4.25. The summed E-state index contributed by atoms with van der Waals surface area (Å²) >= 11 is 0. The fourth-order valence-electron chi connectivity index (χ4n) is 3.15. The molecule has 0 amide bonds. The largest absolute Gasteiger partial charge is 0.365 e. The highest BCUT2D eigenvalue weighted by Gasteiger charge is 2.22. The zero-order valence-electron chi connectivity index (χ0n) is 14.7. The van der Waals surface area contributed by atoms with Crippen molar-refractivity contribution >= 4 is 22.3 Å². The second kappa shape index (κ2) is 6.87. The third-order valence-corrected chi connectivity index (χ3v) is 4.41. The number of aromatic nitrogens is 3. The van der Waals surface area contributed by atoms with Gasteiger partial charge in [-0.25, -0.2) is 4.68 Å². The first-order valence-corrected chi connectivity index (χ1v) is 8.46. The number of nitro benzene ring substituents is 1. The summed E-state index contributed by atoms with van der Waals surface area (Å²) in [6.45, 7) is 0.499. The third-order valence-electron chi connectivity index (χ3n) is 4.41. The van der Waals surface area contributed by atoms with E-state index >= 15 is 0 Å². The van der Waals surface area contributed by atoms with Gasteiger partial charge in [-0.05, 0) is 36.4 Å². The maximum atomic E-state index is 11.7. The number of hydrogen-bond acceptors (Lipinski definition) is 5. The Bertz CT molecular complexity index is 1110. The van der Waals surface area contributed by atoms with Crippen LogP contribution in [0.1, 0.15) is 5.56 Å². The molecule has 2 aromatic carbocycles. The van der Waals surface area contributed by atoms with Crippen molar-refractivity contribution in [1.82, 2.24) is 14.8 Å². The van der Waals surface area contributed by atoms with Crippen LogP contribution in [0, 0.1) is 10.1 Å². The van der Waals surface area contributed by atoms with Gasteiger partial charge >= 0.3 is 5.69 Å². The summed E-state index contributed by atoms with van der Waals surface area (Å²) < 4.78 is 1.79. The van der Waals surface area contributed by atoms with E-state index in [-0.39, 0.29) is 10.6 Å². The lowest BCUT2D eigenvalue weighted by molar-refractivity contribution is -0.382. The van der Waals surface area contributed by atoms with Crippen molar-refractivity contribution in [3.63, 3.8) is 0 Å². The molecule has 2 heterocycles. The normalized spacial score (nSPS) is 10.9. The van der Waals surface area contributed by atoms with Gasteiger partial charge in [0.05, 0.1) is 27.7 Å². The minimum absolute atomic E-state index is 0.0681. The Hall–Kier alpha value is -3.74. The van der Waals surface area contributed by atoms with Gasteiger partial charge in [-0.1, -0.05) is 18.2 Å². The Morgan fingerprint density at radius 2 is 1.93 bits per heavy atom. The van der Waals surface area contributed by atoms with Gasteiger partial charge in [-0.2, -0.15) is 5.10 Å². The van der Waals surface area contributed by atoms with Gasteiger partial charge in [0.25, 0.3) is 0 Å². The molecular formula is C20H17N5O2.